The lowest BCUT2D eigenvalue weighted by atomic mass is 9.77. The van der Waals surface area contributed by atoms with Crippen molar-refractivity contribution >= 4 is 108 Å². The lowest BCUT2D eigenvalue weighted by Gasteiger charge is -2.42. The lowest BCUT2D eigenvalue weighted by molar-refractivity contribution is -0.142. The van der Waals surface area contributed by atoms with Crippen molar-refractivity contribution in [3.05, 3.63) is 341 Å². The molecule has 8 heterocycles. The topological polar surface area (TPSA) is 263 Å². The fraction of sp³-hybridized carbons (Fsp3) is 0.350. The van der Waals surface area contributed by atoms with Crippen LogP contribution in [0.5, 0.6) is 0 Å². The van der Waals surface area contributed by atoms with Crippen molar-refractivity contribution in [1.82, 2.24) is 30.9 Å². The van der Waals surface area contributed by atoms with Gasteiger partial charge < -0.3 is 63.9 Å². The molecule has 0 unspecified atom stereocenters. The first-order valence-corrected chi connectivity index (χ1v) is 52.4. The van der Waals surface area contributed by atoms with Gasteiger partial charge in [-0.25, -0.2) is 17.6 Å². The van der Waals surface area contributed by atoms with Crippen LogP contribution in [0, 0.1) is 23.3 Å². The third-order valence-corrected chi connectivity index (χ3v) is 36.1. The van der Waals surface area contributed by atoms with Gasteiger partial charge in [0.15, 0.2) is 16.6 Å². The maximum Gasteiger partial charge on any atom is 0.496 e. The molecule has 0 radical (unpaired) electrons. The number of ether oxygens (including phenoxy) is 4. The number of hydrogen-bond donors (Lipinski definition) is 5. The largest absolute Gasteiger partial charge is 0.496 e. The van der Waals surface area contributed by atoms with Gasteiger partial charge in [-0.2, -0.15) is 39.5 Å². The molecule has 5 fully saturated rings. The van der Waals surface area contributed by atoms with Gasteiger partial charge in [-0.15, -0.1) is 12.4 Å². The molecule has 16 rings (SSSR count). The minimum Gasteiger partial charge on any atom is -0.413 e. The van der Waals surface area contributed by atoms with Gasteiger partial charge in [0.25, 0.3) is 23.0 Å². The Morgan fingerprint density at radius 1 is 0.420 bits per heavy atom. The number of nitrogens with two attached hydrogens (primary N) is 1. The number of alkyl halides is 9. The Balaban J connectivity index is 0.000000184. The van der Waals surface area contributed by atoms with E-state index in [4.69, 9.17) is 54.4 Å². The Morgan fingerprint density at radius 2 is 0.692 bits per heavy atom. The summed E-state index contributed by atoms with van der Waals surface area (Å²) in [6.45, 7) is 30.9. The van der Waals surface area contributed by atoms with E-state index in [1.807, 2.05) is 101 Å². The van der Waals surface area contributed by atoms with Gasteiger partial charge in [0.2, 0.25) is 0 Å². The highest BCUT2D eigenvalue weighted by molar-refractivity contribution is 9.10. The van der Waals surface area contributed by atoms with Gasteiger partial charge in [-0.05, 0) is 265 Å². The summed E-state index contributed by atoms with van der Waals surface area (Å²) in [7, 11) is -5.18. The summed E-state index contributed by atoms with van der Waals surface area (Å²) in [5.74, 6) is -2.59. The predicted molar refractivity (Wildman–Crippen MR) is 532 cm³/mol. The van der Waals surface area contributed by atoms with Gasteiger partial charge in [-0.3, -0.25) is 34.1 Å². The monoisotopic (exact) mass is 2190 g/mol. The maximum absolute atomic E-state index is 13.5. The molecule has 0 atom stereocenters. The first kappa shape index (κ1) is 115. The zero-order valence-electron chi connectivity index (χ0n) is 80.5. The Kier molecular flexibility index (Phi) is 37.3. The van der Waals surface area contributed by atoms with Crippen LogP contribution in [-0.4, -0.2) is 131 Å². The molecule has 143 heavy (non-hydrogen) atoms. The van der Waals surface area contributed by atoms with Crippen LogP contribution in [-0.2, 0) is 97.6 Å². The summed E-state index contributed by atoms with van der Waals surface area (Å²) in [4.78, 5) is 58.9. The number of aromatic nitrogens is 3. The molecule has 3 aromatic heterocycles. The Morgan fingerprint density at radius 3 is 0.972 bits per heavy atom. The second-order valence-corrected chi connectivity index (χ2v) is 50.6. The summed E-state index contributed by atoms with van der Waals surface area (Å²) < 4.78 is 218. The average Bonchev–Trinajstić information content (AvgIpc) is 1.10. The fourth-order valence-electron chi connectivity index (χ4n) is 14.1. The number of nitrogens with one attached hydrogen (secondary N) is 3. The van der Waals surface area contributed by atoms with Crippen LogP contribution in [0.3, 0.4) is 0 Å². The van der Waals surface area contributed by atoms with Gasteiger partial charge in [0.1, 0.15) is 57.0 Å². The molecule has 5 saturated heterocycles. The average molecular weight is 2200 g/mol. The molecule has 5 aliphatic rings. The minimum absolute atomic E-state index is 0. The van der Waals surface area contributed by atoms with Crippen molar-refractivity contribution in [3.63, 3.8) is 0 Å². The van der Waals surface area contributed by atoms with Gasteiger partial charge in [0.05, 0.1) is 89.4 Å². The molecule has 40 heteroatoms. The first-order valence-electron chi connectivity index (χ1n) is 44.7. The SMILES string of the molecule is CC(C)(C)[Si](C)(C)OCc1cc(C(F)(F)F)ncc1-c1ccc(C2(NC(=O)c3ccc(F)cc3)COC2)cc1.CC1(C)OB(c2cnc(C(F)(F)F)cc2CO[Si](C)(C)C(C)(C)C)OC1(C)C.Cl.NC1(c2ccc(Br)cc2)COC1.O=C(Cl)c1ccc(F)cc1.O=C(NC1(c2ccc(-c3cnc(C(F)(F)F)cc3CO)cc2)COC1)c1ccc(F)cc1.O=C(NC1(c2ccc(Br)cc2)COC1)c1ccc(F)cc1. The van der Waals surface area contributed by atoms with Crippen LogP contribution in [0.2, 0.25) is 36.3 Å². The van der Waals surface area contributed by atoms with Gasteiger partial charge in [0, 0.05) is 66.4 Å². The third kappa shape index (κ3) is 29.1. The summed E-state index contributed by atoms with van der Waals surface area (Å²) in [6.07, 6.45) is -10.2. The lowest BCUT2D eigenvalue weighted by Crippen LogP contribution is -2.59. The van der Waals surface area contributed by atoms with Gasteiger partial charge >= 0.3 is 25.6 Å². The number of carbonyl (C=O) groups is 4. The number of halogens is 17. The molecular formula is C103H109BBr2Cl2F13N7O13Si2. The summed E-state index contributed by atoms with van der Waals surface area (Å²) >= 11 is 11.9. The number of aliphatic hydroxyl groups is 1. The van der Waals surface area contributed by atoms with Gasteiger partial charge in [-0.1, -0.05) is 146 Å². The van der Waals surface area contributed by atoms with E-state index in [0.29, 0.717) is 87.5 Å². The van der Waals surface area contributed by atoms with E-state index in [-0.39, 0.29) is 103 Å². The van der Waals surface area contributed by atoms with Crippen LogP contribution in [0.1, 0.15) is 167 Å². The Labute approximate surface area is 851 Å². The van der Waals surface area contributed by atoms with E-state index >= 15 is 0 Å². The quantitative estimate of drug-likeness (QED) is 0.0254. The standard InChI is InChI=1S/C29H32F4N2O3Si.C23H18F4N2O3.C19H31BF3NO3Si.C16H13BrFNO2.C9H10BrNO.C7H4ClFO.ClH/c1-27(2,3)39(4,5)38-16-21-14-25(29(31,32)33)34-15-24(21)19-6-10-22(11-7-19)28(17-37-18-28)35-26(36)20-8-12-23(30)13-9-20;24-18-7-3-15(4-8-18)21(31)29-22(12-32-13-22)17-5-1-14(2-6-17)19-10-28-20(23(25,26)27)9-16(19)11-30;1-16(2,3)28(8,9)25-12-13-10-15(19(21,22)23)24-11-14(13)20-26-17(4,5)18(6,7)27-20;17-13-5-3-12(4-6-13)16(9-21-10-16)19-15(20)11-1-7-14(18)8-2-11;10-8-3-1-7(2-4-8)9(11)5-12-6-9;8-7(10)5-1-3-6(9)4-2-5;/h6-15H,16-18H2,1-5H3,(H,35,36);1-10,30H,11-13H2,(H,29,31);10-11H,12H2,1-9H3;1-8H,9-10H2,(H,19,20);1-4H,5-6,11H2;1-4H;1H. The minimum atomic E-state index is -4.61. The molecular weight excluding hydrogens is 2090 g/mol. The molecule has 0 aliphatic carbocycles. The molecule has 5 aliphatic heterocycles. The van der Waals surface area contributed by atoms with Crippen molar-refractivity contribution in [1.29, 1.82) is 0 Å². The van der Waals surface area contributed by atoms with Crippen LogP contribution >= 0.6 is 55.9 Å². The van der Waals surface area contributed by atoms with Crippen LogP contribution < -0.4 is 27.1 Å². The molecule has 3 amide bonds. The van der Waals surface area contributed by atoms with Crippen molar-refractivity contribution in [3.8, 4) is 22.3 Å². The smallest absolute Gasteiger partial charge is 0.413 e. The van der Waals surface area contributed by atoms with Crippen LogP contribution in [0.25, 0.3) is 22.3 Å². The fourth-order valence-corrected chi connectivity index (χ4v) is 16.6. The number of carbonyl (C=O) groups excluding carboxylic acids is 4. The van der Waals surface area contributed by atoms with Crippen molar-refractivity contribution in [2.75, 3.05) is 52.9 Å². The number of nitrogens with zero attached hydrogens (tertiary/aromatic N) is 3. The van der Waals surface area contributed by atoms with Crippen LogP contribution in [0.4, 0.5) is 57.1 Å². The second kappa shape index (κ2) is 46.4. The number of benzene rings is 8. The van der Waals surface area contributed by atoms with E-state index in [9.17, 15) is 81.4 Å². The second-order valence-electron chi connectivity index (χ2n) is 38.8. The van der Waals surface area contributed by atoms with Crippen molar-refractivity contribution in [2.24, 2.45) is 5.73 Å². The number of aliphatic hydroxyl groups excluding tert-OH is 1. The molecule has 20 nitrogen and oxygen atoms in total. The van der Waals surface area contributed by atoms with E-state index in [2.05, 4.69) is 117 Å². The van der Waals surface area contributed by atoms with Crippen molar-refractivity contribution in [2.45, 2.75) is 177 Å². The summed E-state index contributed by atoms with van der Waals surface area (Å²) in [5, 5.41) is 17.7. The Hall–Kier alpha value is -9.98. The highest BCUT2D eigenvalue weighted by Crippen LogP contribution is 2.44. The first-order chi connectivity index (χ1) is 66.2. The van der Waals surface area contributed by atoms with Crippen molar-refractivity contribution < 1.29 is 118 Å². The molecule has 764 valence electrons. The third-order valence-electron chi connectivity index (χ3n) is 25.9. The predicted octanol–water partition coefficient (Wildman–Crippen LogP) is 23.6. The molecule has 6 N–H and O–H groups in total. The summed E-state index contributed by atoms with van der Waals surface area (Å²) in [6, 6.07) is 53.8. The number of rotatable bonds is 21. The molecule has 8 aromatic carbocycles. The van der Waals surface area contributed by atoms with E-state index in [1.54, 1.807) is 36.4 Å². The van der Waals surface area contributed by atoms with E-state index in [1.165, 1.54) is 109 Å². The zero-order chi connectivity index (χ0) is 104. The number of pyridine rings is 3. The van der Waals surface area contributed by atoms with Crippen LogP contribution in [0.15, 0.2) is 240 Å². The Bertz CT molecular complexity index is 6190. The summed E-state index contributed by atoms with van der Waals surface area (Å²) in [5.41, 5.74) is 8.14. The van der Waals surface area contributed by atoms with E-state index in [0.717, 1.165) is 55.6 Å². The maximum atomic E-state index is 13.5. The molecule has 0 saturated carbocycles. The van der Waals surface area contributed by atoms with E-state index < -0.39 is 111 Å². The molecule has 11 aromatic rings. The normalized spacial score (nSPS) is 16.2. The number of amides is 3. The zero-order valence-corrected chi connectivity index (χ0v) is 87.3. The highest BCUT2D eigenvalue weighted by atomic mass is 79.9. The highest BCUT2D eigenvalue weighted by Gasteiger charge is 2.54. The molecule has 0 spiro atoms. The number of hydrogen-bond acceptors (Lipinski definition) is 17. The molecule has 0 bridgehead atoms.